The van der Waals surface area contributed by atoms with Crippen molar-refractivity contribution in [3.63, 3.8) is 0 Å². The third kappa shape index (κ3) is 1.19. The van der Waals surface area contributed by atoms with Crippen LogP contribution in [0.2, 0.25) is 0 Å². The van der Waals surface area contributed by atoms with Gasteiger partial charge in [-0.25, -0.2) is 4.39 Å². The summed E-state index contributed by atoms with van der Waals surface area (Å²) in [5, 5.41) is 19.4. The van der Waals surface area contributed by atoms with Gasteiger partial charge in [-0.15, -0.1) is 0 Å². The van der Waals surface area contributed by atoms with Crippen LogP contribution in [0, 0.1) is 5.82 Å². The molecule has 2 aromatic rings. The van der Waals surface area contributed by atoms with E-state index in [1.807, 2.05) is 0 Å². The second kappa shape index (κ2) is 3.12. The van der Waals surface area contributed by atoms with Gasteiger partial charge in [-0.2, -0.15) is 0 Å². The van der Waals surface area contributed by atoms with Gasteiger partial charge in [0.25, 0.3) is 5.56 Å². The molecule has 0 unspecified atom stereocenters. The van der Waals surface area contributed by atoms with Crippen molar-refractivity contribution >= 4 is 11.0 Å². The summed E-state index contributed by atoms with van der Waals surface area (Å²) < 4.78 is 15.0. The van der Waals surface area contributed by atoms with Crippen molar-refractivity contribution in [2.24, 2.45) is 0 Å². The first-order valence-corrected chi connectivity index (χ1v) is 5.08. The van der Waals surface area contributed by atoms with Crippen molar-refractivity contribution in [1.82, 2.24) is 9.55 Å². The molecule has 5 nitrogen and oxygen atoms in total. The van der Waals surface area contributed by atoms with Gasteiger partial charge in [-0.05, 0) is 6.07 Å². The van der Waals surface area contributed by atoms with Crippen molar-refractivity contribution in [3.8, 4) is 0 Å². The molecule has 2 aromatic heterocycles. The van der Waals surface area contributed by atoms with Crippen LogP contribution in [-0.2, 0) is 12.1 Å². The van der Waals surface area contributed by atoms with Crippen LogP contribution in [0.3, 0.4) is 0 Å². The maximum atomic E-state index is 13.7. The third-order valence-corrected chi connectivity index (χ3v) is 3.10. The molecule has 0 aliphatic carbocycles. The summed E-state index contributed by atoms with van der Waals surface area (Å²) in [5.74, 6) is -0.717. The zero-order chi connectivity index (χ0) is 12.2. The number of nitrogens with zero attached hydrogens (tertiary/aromatic N) is 2. The van der Waals surface area contributed by atoms with E-state index in [1.54, 1.807) is 0 Å². The van der Waals surface area contributed by atoms with Gasteiger partial charge in [0.1, 0.15) is 11.4 Å². The number of aliphatic hydroxyl groups is 2. The van der Waals surface area contributed by atoms with E-state index >= 15 is 0 Å². The number of hydrogen-bond acceptors (Lipinski definition) is 4. The largest absolute Gasteiger partial charge is 0.393 e. The maximum absolute atomic E-state index is 13.7. The van der Waals surface area contributed by atoms with Crippen molar-refractivity contribution in [1.29, 1.82) is 0 Å². The molecule has 1 aliphatic rings. The Morgan fingerprint density at radius 1 is 1.53 bits per heavy atom. The average Bonchev–Trinajstić information content (AvgIpc) is 2.64. The van der Waals surface area contributed by atoms with E-state index < -0.39 is 18.0 Å². The number of halogens is 1. The van der Waals surface area contributed by atoms with Gasteiger partial charge >= 0.3 is 0 Å². The Hall–Kier alpha value is -1.79. The molecule has 3 rings (SSSR count). The van der Waals surface area contributed by atoms with Crippen LogP contribution in [0.15, 0.2) is 23.1 Å². The highest BCUT2D eigenvalue weighted by Gasteiger charge is 2.41. The number of hydrogen-bond donors (Lipinski definition) is 2. The van der Waals surface area contributed by atoms with Crippen molar-refractivity contribution in [2.45, 2.75) is 12.1 Å². The highest BCUT2D eigenvalue weighted by molar-refractivity contribution is 5.81. The van der Waals surface area contributed by atoms with Gasteiger partial charge in [0, 0.05) is 6.07 Å². The van der Waals surface area contributed by atoms with Crippen LogP contribution in [0.4, 0.5) is 4.39 Å². The molecule has 17 heavy (non-hydrogen) atoms. The smallest absolute Gasteiger partial charge is 0.251 e. The number of rotatable bonds is 1. The molecule has 0 saturated carbocycles. The lowest BCUT2D eigenvalue weighted by atomic mass is 9.97. The van der Waals surface area contributed by atoms with Gasteiger partial charge in [0.05, 0.1) is 35.9 Å². The lowest BCUT2D eigenvalue weighted by Gasteiger charge is -2.20. The fraction of sp³-hybridized carbons (Fsp3) is 0.273. The van der Waals surface area contributed by atoms with Crippen LogP contribution in [0.1, 0.15) is 5.56 Å². The van der Waals surface area contributed by atoms with E-state index in [1.165, 1.54) is 16.7 Å². The molecular weight excluding hydrogens is 227 g/mol. The Morgan fingerprint density at radius 2 is 2.29 bits per heavy atom. The number of aromatic nitrogens is 2. The quantitative estimate of drug-likeness (QED) is 0.714. The predicted molar refractivity (Wildman–Crippen MR) is 56.9 cm³/mol. The summed E-state index contributed by atoms with van der Waals surface area (Å²) in [6.45, 7) is -0.804. The summed E-state index contributed by atoms with van der Waals surface area (Å²) in [6, 6.07) is 2.78. The number of pyridine rings is 2. The van der Waals surface area contributed by atoms with E-state index in [9.17, 15) is 19.4 Å². The topological polar surface area (TPSA) is 75.4 Å². The second-order valence-corrected chi connectivity index (χ2v) is 4.16. The Balaban J connectivity index is 2.53. The Bertz CT molecular complexity index is 682. The van der Waals surface area contributed by atoms with Crippen molar-refractivity contribution < 1.29 is 14.6 Å². The predicted octanol–water partition coefficient (Wildman–Crippen LogP) is -0.271. The van der Waals surface area contributed by atoms with Crippen molar-refractivity contribution in [3.05, 3.63) is 40.1 Å². The molecule has 0 saturated heterocycles. The Kier molecular flexibility index (Phi) is 1.90. The number of aliphatic hydroxyl groups excluding tert-OH is 1. The van der Waals surface area contributed by atoms with Crippen LogP contribution < -0.4 is 5.56 Å². The van der Waals surface area contributed by atoms with Crippen LogP contribution >= 0.6 is 0 Å². The summed E-state index contributed by atoms with van der Waals surface area (Å²) in [5.41, 5.74) is -1.48. The molecular formula is C11H9FN2O3. The summed E-state index contributed by atoms with van der Waals surface area (Å²) in [4.78, 5) is 15.5. The molecule has 88 valence electrons. The minimum Gasteiger partial charge on any atom is -0.393 e. The second-order valence-electron chi connectivity index (χ2n) is 4.16. The molecule has 0 aromatic carbocycles. The summed E-state index contributed by atoms with van der Waals surface area (Å²) >= 11 is 0. The maximum Gasteiger partial charge on any atom is 0.251 e. The van der Waals surface area contributed by atoms with E-state index in [2.05, 4.69) is 4.98 Å². The van der Waals surface area contributed by atoms with Crippen LogP contribution in [0.5, 0.6) is 0 Å². The molecule has 0 radical (unpaired) electrons. The van der Waals surface area contributed by atoms with Gasteiger partial charge in [0.15, 0.2) is 0 Å². The SMILES string of the molecule is O=c1ccc2ncc(F)c3c2n1C[C@@]3(O)CO. The first-order valence-electron chi connectivity index (χ1n) is 5.08. The molecule has 3 heterocycles. The summed E-state index contributed by atoms with van der Waals surface area (Å²) in [6.07, 6.45) is 0.985. The Morgan fingerprint density at radius 3 is 3.00 bits per heavy atom. The average molecular weight is 236 g/mol. The van der Waals surface area contributed by atoms with Gasteiger partial charge in [-0.3, -0.25) is 9.78 Å². The minimum atomic E-state index is -1.75. The van der Waals surface area contributed by atoms with E-state index in [-0.39, 0.29) is 23.2 Å². The van der Waals surface area contributed by atoms with Crippen LogP contribution in [-0.4, -0.2) is 26.4 Å². The molecule has 0 spiro atoms. The highest BCUT2D eigenvalue weighted by Crippen LogP contribution is 2.36. The zero-order valence-electron chi connectivity index (χ0n) is 8.72. The van der Waals surface area contributed by atoms with E-state index in [0.717, 1.165) is 6.20 Å². The lowest BCUT2D eigenvalue weighted by Crippen LogP contribution is -2.33. The van der Waals surface area contributed by atoms with E-state index in [0.29, 0.717) is 5.52 Å². The first-order chi connectivity index (χ1) is 8.07. The molecule has 0 amide bonds. The molecule has 0 bridgehead atoms. The normalized spacial score (nSPS) is 22.3. The fourth-order valence-corrected chi connectivity index (χ4v) is 2.31. The monoisotopic (exact) mass is 236 g/mol. The highest BCUT2D eigenvalue weighted by atomic mass is 19.1. The molecule has 0 fully saturated rings. The van der Waals surface area contributed by atoms with Crippen molar-refractivity contribution in [2.75, 3.05) is 6.61 Å². The standard InChI is InChI=1S/C11H9FN2O3/c12-6-3-13-7-1-2-8(16)14-4-11(17,5-15)9(6)10(7)14/h1-3,15,17H,4-5H2/t11-/m1/s1. The fourth-order valence-electron chi connectivity index (χ4n) is 2.31. The molecule has 1 aliphatic heterocycles. The third-order valence-electron chi connectivity index (χ3n) is 3.10. The first kappa shape index (κ1) is 10.4. The Labute approximate surface area is 94.8 Å². The molecule has 2 N–H and O–H groups in total. The van der Waals surface area contributed by atoms with Gasteiger partial charge in [-0.1, -0.05) is 0 Å². The zero-order valence-corrected chi connectivity index (χ0v) is 8.72. The summed E-state index contributed by atoms with van der Waals surface area (Å²) in [7, 11) is 0. The van der Waals surface area contributed by atoms with Gasteiger partial charge < -0.3 is 14.8 Å². The molecule has 6 heteroatoms. The molecule has 1 atom stereocenters. The minimum absolute atomic E-state index is 0.0531. The van der Waals surface area contributed by atoms with Crippen LogP contribution in [0.25, 0.3) is 11.0 Å². The van der Waals surface area contributed by atoms with Gasteiger partial charge in [0.2, 0.25) is 0 Å². The lowest BCUT2D eigenvalue weighted by molar-refractivity contribution is -0.0268. The van der Waals surface area contributed by atoms with E-state index in [4.69, 9.17) is 0 Å².